The third-order valence-electron chi connectivity index (χ3n) is 2.73. The van der Waals surface area contributed by atoms with Crippen LogP contribution in [0.2, 0.25) is 5.02 Å². The molecule has 1 fully saturated rings. The predicted octanol–water partition coefficient (Wildman–Crippen LogP) is 0.677. The molecule has 3 N–H and O–H groups in total. The topological polar surface area (TPSA) is 83.6 Å². The number of nitrogens with zero attached hydrogens (tertiary/aromatic N) is 1. The van der Waals surface area contributed by atoms with Crippen molar-refractivity contribution in [3.63, 3.8) is 0 Å². The van der Waals surface area contributed by atoms with Crippen LogP contribution in [0.25, 0.3) is 0 Å². The first-order chi connectivity index (χ1) is 7.91. The maximum absolute atomic E-state index is 12.2. The minimum Gasteiger partial charge on any atom is -0.397 e. The summed E-state index contributed by atoms with van der Waals surface area (Å²) in [5.41, 5.74) is 5.81. The summed E-state index contributed by atoms with van der Waals surface area (Å²) in [5, 5.41) is 9.68. The Hall–Kier alpha value is -0.820. The number of hydrogen-bond donors (Lipinski definition) is 2. The number of rotatable bonds is 2. The molecule has 0 amide bonds. The van der Waals surface area contributed by atoms with E-state index in [1.54, 1.807) is 0 Å². The zero-order valence-electron chi connectivity index (χ0n) is 9.01. The van der Waals surface area contributed by atoms with Gasteiger partial charge in [-0.1, -0.05) is 11.6 Å². The van der Waals surface area contributed by atoms with E-state index in [1.807, 2.05) is 0 Å². The number of β-amino-alcohol motifs (C(OH)–C–C–N with tert-alkyl or cyclic N) is 1. The first kappa shape index (κ1) is 12.6. The van der Waals surface area contributed by atoms with Crippen LogP contribution < -0.4 is 5.73 Å². The van der Waals surface area contributed by atoms with Crippen molar-refractivity contribution >= 4 is 27.3 Å². The summed E-state index contributed by atoms with van der Waals surface area (Å²) in [6.07, 6.45) is -0.128. The van der Waals surface area contributed by atoms with Gasteiger partial charge >= 0.3 is 0 Å². The molecule has 0 aliphatic carbocycles. The molecule has 17 heavy (non-hydrogen) atoms. The van der Waals surface area contributed by atoms with E-state index >= 15 is 0 Å². The molecule has 7 heteroatoms. The van der Waals surface area contributed by atoms with Crippen molar-refractivity contribution < 1.29 is 13.5 Å². The van der Waals surface area contributed by atoms with Crippen LogP contribution in [0.15, 0.2) is 23.1 Å². The molecule has 1 aromatic rings. The van der Waals surface area contributed by atoms with Crippen LogP contribution in [0.4, 0.5) is 5.69 Å². The van der Waals surface area contributed by atoms with E-state index in [0.717, 1.165) is 0 Å². The SMILES string of the molecule is Nc1cc(S(=O)(=O)N2CC[C@H](O)C2)ccc1Cl. The van der Waals surface area contributed by atoms with Gasteiger partial charge in [0.05, 0.1) is 21.7 Å². The molecule has 0 saturated carbocycles. The molecule has 1 saturated heterocycles. The number of nitrogens with two attached hydrogens (primary N) is 1. The van der Waals surface area contributed by atoms with Crippen molar-refractivity contribution in [3.05, 3.63) is 23.2 Å². The molecule has 94 valence electrons. The van der Waals surface area contributed by atoms with E-state index in [0.29, 0.717) is 18.0 Å². The summed E-state index contributed by atoms with van der Waals surface area (Å²) < 4.78 is 25.6. The summed E-state index contributed by atoms with van der Waals surface area (Å²) in [7, 11) is -3.58. The van der Waals surface area contributed by atoms with Crippen LogP contribution in [0.3, 0.4) is 0 Å². The smallest absolute Gasteiger partial charge is 0.243 e. The van der Waals surface area contributed by atoms with Crippen LogP contribution in [0, 0.1) is 0 Å². The second-order valence-corrected chi connectivity index (χ2v) is 6.33. The molecule has 5 nitrogen and oxygen atoms in total. The lowest BCUT2D eigenvalue weighted by Gasteiger charge is -2.16. The van der Waals surface area contributed by atoms with Gasteiger partial charge in [-0.15, -0.1) is 0 Å². The predicted molar refractivity (Wildman–Crippen MR) is 65.2 cm³/mol. The molecule has 2 rings (SSSR count). The Morgan fingerprint density at radius 1 is 1.47 bits per heavy atom. The van der Waals surface area contributed by atoms with E-state index < -0.39 is 16.1 Å². The Kier molecular flexibility index (Phi) is 3.31. The number of aliphatic hydroxyl groups excluding tert-OH is 1. The van der Waals surface area contributed by atoms with E-state index in [9.17, 15) is 13.5 Å². The maximum atomic E-state index is 12.2. The van der Waals surface area contributed by atoms with Gasteiger partial charge in [0, 0.05) is 13.1 Å². The molecule has 1 aliphatic rings. The van der Waals surface area contributed by atoms with Crippen molar-refractivity contribution in [1.29, 1.82) is 0 Å². The maximum Gasteiger partial charge on any atom is 0.243 e. The lowest BCUT2D eigenvalue weighted by atomic mass is 10.3. The number of anilines is 1. The van der Waals surface area contributed by atoms with Gasteiger partial charge in [0.1, 0.15) is 0 Å². The lowest BCUT2D eigenvalue weighted by Crippen LogP contribution is -2.29. The van der Waals surface area contributed by atoms with E-state index in [1.165, 1.54) is 22.5 Å². The highest BCUT2D eigenvalue weighted by atomic mass is 35.5. The Labute approximate surface area is 105 Å². The molecule has 1 atom stereocenters. The van der Waals surface area contributed by atoms with Crippen molar-refractivity contribution in [2.24, 2.45) is 0 Å². The first-order valence-electron chi connectivity index (χ1n) is 5.14. The third-order valence-corrected chi connectivity index (χ3v) is 4.94. The van der Waals surface area contributed by atoms with Crippen molar-refractivity contribution in [2.45, 2.75) is 17.4 Å². The molecule has 1 aromatic carbocycles. The summed E-state index contributed by atoms with van der Waals surface area (Å²) in [5.74, 6) is 0. The number of benzene rings is 1. The summed E-state index contributed by atoms with van der Waals surface area (Å²) >= 11 is 5.74. The minimum absolute atomic E-state index is 0.105. The fraction of sp³-hybridized carbons (Fsp3) is 0.400. The molecule has 0 unspecified atom stereocenters. The molecule has 1 aliphatic heterocycles. The van der Waals surface area contributed by atoms with Gasteiger partial charge in [-0.05, 0) is 24.6 Å². The molecule has 0 bridgehead atoms. The average molecular weight is 277 g/mol. The van der Waals surface area contributed by atoms with Gasteiger partial charge in [-0.2, -0.15) is 4.31 Å². The van der Waals surface area contributed by atoms with Crippen LogP contribution >= 0.6 is 11.6 Å². The Morgan fingerprint density at radius 2 is 2.18 bits per heavy atom. The highest BCUT2D eigenvalue weighted by molar-refractivity contribution is 7.89. The second kappa shape index (κ2) is 4.45. The third kappa shape index (κ3) is 2.40. The number of aliphatic hydroxyl groups is 1. The van der Waals surface area contributed by atoms with Crippen molar-refractivity contribution in [1.82, 2.24) is 4.31 Å². The quantitative estimate of drug-likeness (QED) is 0.778. The van der Waals surface area contributed by atoms with Crippen LogP contribution in [-0.4, -0.2) is 37.0 Å². The molecule has 0 aromatic heterocycles. The highest BCUT2D eigenvalue weighted by Gasteiger charge is 2.31. The average Bonchev–Trinajstić information content (AvgIpc) is 2.69. The van der Waals surface area contributed by atoms with Crippen LogP contribution in [0.5, 0.6) is 0 Å². The number of hydrogen-bond acceptors (Lipinski definition) is 4. The summed E-state index contributed by atoms with van der Waals surface area (Å²) in [6.45, 7) is 0.455. The number of halogens is 1. The number of sulfonamides is 1. The van der Waals surface area contributed by atoms with Gasteiger partial charge in [0.2, 0.25) is 10.0 Å². The Morgan fingerprint density at radius 3 is 2.71 bits per heavy atom. The van der Waals surface area contributed by atoms with Crippen LogP contribution in [0.1, 0.15) is 6.42 Å². The molecule has 1 heterocycles. The minimum atomic E-state index is -3.58. The van der Waals surface area contributed by atoms with E-state index in [-0.39, 0.29) is 17.1 Å². The van der Waals surface area contributed by atoms with Gasteiger partial charge in [-0.25, -0.2) is 8.42 Å². The largest absolute Gasteiger partial charge is 0.397 e. The zero-order chi connectivity index (χ0) is 12.6. The van der Waals surface area contributed by atoms with Gasteiger partial charge in [0.25, 0.3) is 0 Å². The zero-order valence-corrected chi connectivity index (χ0v) is 10.6. The van der Waals surface area contributed by atoms with Gasteiger partial charge < -0.3 is 10.8 Å². The highest BCUT2D eigenvalue weighted by Crippen LogP contribution is 2.26. The van der Waals surface area contributed by atoms with E-state index in [2.05, 4.69) is 0 Å². The summed E-state index contributed by atoms with van der Waals surface area (Å²) in [6, 6.07) is 4.21. The second-order valence-electron chi connectivity index (χ2n) is 3.99. The molecule has 0 radical (unpaired) electrons. The van der Waals surface area contributed by atoms with Gasteiger partial charge in [-0.3, -0.25) is 0 Å². The standard InChI is InChI=1S/C10H13ClN2O3S/c11-9-2-1-8(5-10(9)12)17(15,16)13-4-3-7(14)6-13/h1-2,5,7,14H,3-4,6,12H2/t7-/m0/s1. The molecule has 0 spiro atoms. The number of nitrogen functional groups attached to an aromatic ring is 1. The monoisotopic (exact) mass is 276 g/mol. The first-order valence-corrected chi connectivity index (χ1v) is 6.96. The van der Waals surface area contributed by atoms with Crippen molar-refractivity contribution in [3.8, 4) is 0 Å². The lowest BCUT2D eigenvalue weighted by molar-refractivity contribution is 0.189. The molecular weight excluding hydrogens is 264 g/mol. The van der Waals surface area contributed by atoms with Crippen molar-refractivity contribution in [2.75, 3.05) is 18.8 Å². The normalized spacial score (nSPS) is 21.9. The summed E-state index contributed by atoms with van der Waals surface area (Å²) in [4.78, 5) is 0.105. The van der Waals surface area contributed by atoms with Gasteiger partial charge in [0.15, 0.2) is 0 Å². The fourth-order valence-electron chi connectivity index (χ4n) is 1.76. The van der Waals surface area contributed by atoms with Crippen LogP contribution in [-0.2, 0) is 10.0 Å². The molecular formula is C10H13ClN2O3S. The Balaban J connectivity index is 2.35. The van der Waals surface area contributed by atoms with E-state index in [4.69, 9.17) is 17.3 Å². The Bertz CT molecular complexity index is 532. The fourth-order valence-corrected chi connectivity index (χ4v) is 3.41.